The van der Waals surface area contributed by atoms with E-state index in [1.807, 2.05) is 24.3 Å². The van der Waals surface area contributed by atoms with E-state index >= 15 is 0 Å². The maximum atomic E-state index is 12.4. The van der Waals surface area contributed by atoms with Crippen molar-refractivity contribution in [3.8, 4) is 0 Å². The van der Waals surface area contributed by atoms with Crippen LogP contribution in [0.15, 0.2) is 48.5 Å². The summed E-state index contributed by atoms with van der Waals surface area (Å²) in [4.78, 5) is 50.6. The van der Waals surface area contributed by atoms with Gasteiger partial charge in [0.05, 0.1) is 16.4 Å². The third-order valence-corrected chi connectivity index (χ3v) is 6.72. The van der Waals surface area contributed by atoms with Crippen molar-refractivity contribution in [2.24, 2.45) is 0 Å². The minimum Gasteiger partial charge on any atom is -0.454 e. The van der Waals surface area contributed by atoms with E-state index in [-0.39, 0.29) is 5.91 Å². The molecule has 1 aromatic heterocycles. The molecule has 2 N–H and O–H groups in total. The summed E-state index contributed by atoms with van der Waals surface area (Å²) < 4.78 is 5.83. The molecule has 4 rings (SSSR count). The van der Waals surface area contributed by atoms with Crippen molar-refractivity contribution >= 4 is 68.1 Å². The molecular weight excluding hydrogens is 466 g/mol. The predicted octanol–water partition coefficient (Wildman–Crippen LogP) is 3.59. The highest BCUT2D eigenvalue weighted by Crippen LogP contribution is 2.35. The number of ether oxygens (including phenoxy) is 1. The Kier molecular flexibility index (Phi) is 6.90. The van der Waals surface area contributed by atoms with Crippen molar-refractivity contribution in [2.45, 2.75) is 12.8 Å². The number of hydrogen-bond donors (Lipinski definition) is 2. The van der Waals surface area contributed by atoms with Gasteiger partial charge in [0.1, 0.15) is 11.4 Å². The highest BCUT2D eigenvalue weighted by Gasteiger charge is 2.24. The Balaban J connectivity index is 1.28. The second-order valence-corrected chi connectivity index (χ2v) is 8.73. The second kappa shape index (κ2) is 10.0. The number of esters is 1. The number of carbonyl (C=O) groups excluding carboxylic acids is 4. The minimum absolute atomic E-state index is 0.00221. The van der Waals surface area contributed by atoms with Gasteiger partial charge in [0.2, 0.25) is 5.91 Å². The Morgan fingerprint density at radius 3 is 2.61 bits per heavy atom. The number of amides is 3. The van der Waals surface area contributed by atoms with E-state index in [0.29, 0.717) is 34.2 Å². The molecule has 0 saturated carbocycles. The van der Waals surface area contributed by atoms with Crippen molar-refractivity contribution in [1.82, 2.24) is 5.32 Å². The molecule has 1 aliphatic heterocycles. The minimum atomic E-state index is -0.765. The number of fused-ring (bicyclic) bond motifs is 1. The lowest BCUT2D eigenvalue weighted by Gasteiger charge is -2.19. The highest BCUT2D eigenvalue weighted by atomic mass is 35.5. The van der Waals surface area contributed by atoms with E-state index in [4.69, 9.17) is 16.3 Å². The Morgan fingerprint density at radius 2 is 1.85 bits per heavy atom. The van der Waals surface area contributed by atoms with Gasteiger partial charge in [-0.15, -0.1) is 11.3 Å². The van der Waals surface area contributed by atoms with Gasteiger partial charge in [-0.1, -0.05) is 41.9 Å². The number of thiophene rings is 1. The van der Waals surface area contributed by atoms with Gasteiger partial charge in [-0.3, -0.25) is 19.2 Å². The SMILES string of the molecule is O=C(COC(=O)CNC(=O)c1sc2ccccc2c1Cl)Nc1ccccc1N1CCCC1=O. The van der Waals surface area contributed by atoms with Crippen LogP contribution < -0.4 is 15.5 Å². The number of halogens is 1. The molecule has 3 amide bonds. The van der Waals surface area contributed by atoms with E-state index in [2.05, 4.69) is 10.6 Å². The standard InChI is InChI=1S/C23H20ClN3O5S/c24-21-14-6-1-4-9-17(14)33-22(21)23(31)25-12-20(30)32-13-18(28)26-15-7-2-3-8-16(15)27-11-5-10-19(27)29/h1-4,6-9H,5,10-13H2,(H,25,31)(H,26,28). The van der Waals surface area contributed by atoms with Crippen LogP contribution in [0.5, 0.6) is 0 Å². The van der Waals surface area contributed by atoms with E-state index < -0.39 is 30.9 Å². The van der Waals surface area contributed by atoms with Crippen molar-refractivity contribution in [3.05, 3.63) is 58.4 Å². The van der Waals surface area contributed by atoms with Gasteiger partial charge >= 0.3 is 5.97 Å². The van der Waals surface area contributed by atoms with Crippen molar-refractivity contribution in [1.29, 1.82) is 0 Å². The fourth-order valence-electron chi connectivity index (χ4n) is 3.49. The molecule has 0 bridgehead atoms. The molecule has 0 aliphatic carbocycles. The number of para-hydroxylation sites is 2. The third-order valence-electron chi connectivity index (χ3n) is 5.04. The van der Waals surface area contributed by atoms with Crippen LogP contribution in [0.2, 0.25) is 5.02 Å². The molecule has 0 spiro atoms. The lowest BCUT2D eigenvalue weighted by atomic mass is 10.2. The number of nitrogens with zero attached hydrogens (tertiary/aromatic N) is 1. The van der Waals surface area contributed by atoms with Gasteiger partial charge < -0.3 is 20.3 Å². The lowest BCUT2D eigenvalue weighted by molar-refractivity contribution is -0.146. The molecule has 3 aromatic rings. The van der Waals surface area contributed by atoms with Crippen LogP contribution >= 0.6 is 22.9 Å². The zero-order chi connectivity index (χ0) is 23.4. The first-order chi connectivity index (χ1) is 15.9. The Bertz CT molecular complexity index is 1240. The van der Waals surface area contributed by atoms with E-state index in [9.17, 15) is 19.2 Å². The zero-order valence-electron chi connectivity index (χ0n) is 17.4. The summed E-state index contributed by atoms with van der Waals surface area (Å²) in [6, 6.07) is 14.3. The van der Waals surface area contributed by atoms with Gasteiger partial charge in [-0.2, -0.15) is 0 Å². The van der Waals surface area contributed by atoms with Crippen molar-refractivity contribution < 1.29 is 23.9 Å². The molecule has 1 saturated heterocycles. The van der Waals surface area contributed by atoms with Crippen LogP contribution in [-0.2, 0) is 19.1 Å². The van der Waals surface area contributed by atoms with Crippen molar-refractivity contribution in [3.63, 3.8) is 0 Å². The van der Waals surface area contributed by atoms with Crippen LogP contribution in [-0.4, -0.2) is 43.4 Å². The number of hydrogen-bond acceptors (Lipinski definition) is 6. The maximum absolute atomic E-state index is 12.4. The molecule has 2 aromatic carbocycles. The van der Waals surface area contributed by atoms with E-state index in [1.165, 1.54) is 11.3 Å². The Morgan fingerprint density at radius 1 is 1.09 bits per heavy atom. The molecule has 0 atom stereocenters. The molecule has 0 unspecified atom stereocenters. The van der Waals surface area contributed by atoms with Gasteiger partial charge in [0.15, 0.2) is 6.61 Å². The van der Waals surface area contributed by atoms with Crippen molar-refractivity contribution in [2.75, 3.05) is 29.9 Å². The number of rotatable bonds is 7. The number of nitrogens with one attached hydrogen (secondary N) is 2. The van der Waals surface area contributed by atoms with Crippen LogP contribution in [0.1, 0.15) is 22.5 Å². The predicted molar refractivity (Wildman–Crippen MR) is 127 cm³/mol. The number of carbonyl (C=O) groups is 4. The molecule has 8 nitrogen and oxygen atoms in total. The van der Waals surface area contributed by atoms with Crippen LogP contribution in [0.25, 0.3) is 10.1 Å². The summed E-state index contributed by atoms with van der Waals surface area (Å²) in [5.41, 5.74) is 1.06. The highest BCUT2D eigenvalue weighted by molar-refractivity contribution is 7.21. The summed E-state index contributed by atoms with van der Waals surface area (Å²) in [5.74, 6) is -1.82. The smallest absolute Gasteiger partial charge is 0.325 e. The fourth-order valence-corrected chi connectivity index (χ4v) is 4.93. The lowest BCUT2D eigenvalue weighted by Crippen LogP contribution is -2.32. The second-order valence-electron chi connectivity index (χ2n) is 7.30. The monoisotopic (exact) mass is 485 g/mol. The maximum Gasteiger partial charge on any atom is 0.325 e. The average Bonchev–Trinajstić information content (AvgIpc) is 3.39. The first-order valence-electron chi connectivity index (χ1n) is 10.2. The number of anilines is 2. The summed E-state index contributed by atoms with van der Waals surface area (Å²) in [5, 5.41) is 6.22. The van der Waals surface area contributed by atoms with Gasteiger partial charge in [-0.25, -0.2) is 0 Å². The normalized spacial score (nSPS) is 13.2. The van der Waals surface area contributed by atoms with Crippen LogP contribution in [0, 0.1) is 0 Å². The molecular formula is C23H20ClN3O5S. The Hall–Kier alpha value is -3.43. The van der Waals surface area contributed by atoms with Gasteiger partial charge in [-0.05, 0) is 24.6 Å². The zero-order valence-corrected chi connectivity index (χ0v) is 19.0. The van der Waals surface area contributed by atoms with Crippen LogP contribution in [0.4, 0.5) is 11.4 Å². The van der Waals surface area contributed by atoms with E-state index in [0.717, 1.165) is 16.5 Å². The van der Waals surface area contributed by atoms with Gasteiger partial charge in [0, 0.05) is 23.1 Å². The largest absolute Gasteiger partial charge is 0.454 e. The first-order valence-corrected chi connectivity index (χ1v) is 11.4. The molecule has 170 valence electrons. The molecule has 1 aliphatic rings. The molecule has 2 heterocycles. The molecule has 1 fully saturated rings. The molecule has 0 radical (unpaired) electrons. The Labute approximate surface area is 198 Å². The van der Waals surface area contributed by atoms with E-state index in [1.54, 1.807) is 29.2 Å². The molecule has 10 heteroatoms. The summed E-state index contributed by atoms with van der Waals surface area (Å²) >= 11 is 7.50. The quantitative estimate of drug-likeness (QED) is 0.497. The molecule has 33 heavy (non-hydrogen) atoms. The summed E-state index contributed by atoms with van der Waals surface area (Å²) in [7, 11) is 0. The average molecular weight is 486 g/mol. The first kappa shape index (κ1) is 22.8. The van der Waals surface area contributed by atoms with Gasteiger partial charge in [0.25, 0.3) is 11.8 Å². The fraction of sp³-hybridized carbons (Fsp3) is 0.217. The number of benzene rings is 2. The summed E-state index contributed by atoms with van der Waals surface area (Å²) in [6.45, 7) is -0.347. The summed E-state index contributed by atoms with van der Waals surface area (Å²) in [6.07, 6.45) is 1.23. The topological polar surface area (TPSA) is 105 Å². The van der Waals surface area contributed by atoms with Crippen LogP contribution in [0.3, 0.4) is 0 Å². The third kappa shape index (κ3) is 5.15.